The van der Waals surface area contributed by atoms with Crippen LogP contribution in [0.25, 0.3) is 0 Å². The van der Waals surface area contributed by atoms with Crippen LogP contribution in [-0.4, -0.2) is 32.8 Å². The summed E-state index contributed by atoms with van der Waals surface area (Å²) in [6.07, 6.45) is 3.09. The van der Waals surface area contributed by atoms with Crippen molar-refractivity contribution in [2.75, 3.05) is 13.1 Å². The largest absolute Gasteiger partial charge is 0.321 e. The zero-order chi connectivity index (χ0) is 14.4. The van der Waals surface area contributed by atoms with E-state index in [0.717, 1.165) is 24.4 Å². The summed E-state index contributed by atoms with van der Waals surface area (Å²) < 4.78 is 1.88. The molecule has 1 aromatic carbocycles. The van der Waals surface area contributed by atoms with Crippen LogP contribution in [0.5, 0.6) is 0 Å². The SMILES string of the molecule is Cn1cnnc1CCNCCc1ccccc1[N+](=O)[O-]. The molecular weight excluding hydrogens is 258 g/mol. The zero-order valence-electron chi connectivity index (χ0n) is 11.3. The van der Waals surface area contributed by atoms with E-state index in [-0.39, 0.29) is 10.6 Å². The molecule has 0 bridgehead atoms. The fraction of sp³-hybridized carbons (Fsp3) is 0.385. The Bertz CT molecular complexity index is 582. The lowest BCUT2D eigenvalue weighted by Gasteiger charge is -2.05. The van der Waals surface area contributed by atoms with Gasteiger partial charge in [-0.1, -0.05) is 18.2 Å². The van der Waals surface area contributed by atoms with Gasteiger partial charge in [-0.05, 0) is 13.0 Å². The Morgan fingerprint density at radius 2 is 2.05 bits per heavy atom. The summed E-state index contributed by atoms with van der Waals surface area (Å²) in [6.45, 7) is 1.47. The number of aryl methyl sites for hydroxylation is 1. The smallest absolute Gasteiger partial charge is 0.272 e. The van der Waals surface area contributed by atoms with Crippen LogP contribution in [0.4, 0.5) is 5.69 Å². The van der Waals surface area contributed by atoms with Gasteiger partial charge in [0.25, 0.3) is 5.69 Å². The molecule has 1 aromatic heterocycles. The van der Waals surface area contributed by atoms with Crippen molar-refractivity contribution >= 4 is 5.69 Å². The van der Waals surface area contributed by atoms with Gasteiger partial charge in [0.15, 0.2) is 0 Å². The highest BCUT2D eigenvalue weighted by Crippen LogP contribution is 2.17. The molecule has 0 saturated carbocycles. The zero-order valence-corrected chi connectivity index (χ0v) is 11.3. The molecule has 7 heteroatoms. The van der Waals surface area contributed by atoms with E-state index in [1.807, 2.05) is 17.7 Å². The van der Waals surface area contributed by atoms with Crippen LogP contribution in [0, 0.1) is 10.1 Å². The van der Waals surface area contributed by atoms with Crippen molar-refractivity contribution in [3.05, 3.63) is 52.1 Å². The van der Waals surface area contributed by atoms with Gasteiger partial charge in [-0.15, -0.1) is 10.2 Å². The van der Waals surface area contributed by atoms with Gasteiger partial charge in [-0.3, -0.25) is 10.1 Å². The fourth-order valence-corrected chi connectivity index (χ4v) is 1.98. The third-order valence-electron chi connectivity index (χ3n) is 3.09. The van der Waals surface area contributed by atoms with E-state index in [0.29, 0.717) is 13.0 Å². The fourth-order valence-electron chi connectivity index (χ4n) is 1.98. The summed E-state index contributed by atoms with van der Waals surface area (Å²) in [5.41, 5.74) is 0.936. The van der Waals surface area contributed by atoms with Crippen molar-refractivity contribution in [3.63, 3.8) is 0 Å². The van der Waals surface area contributed by atoms with Gasteiger partial charge in [0, 0.05) is 31.6 Å². The maximum absolute atomic E-state index is 10.9. The van der Waals surface area contributed by atoms with Gasteiger partial charge in [0.1, 0.15) is 12.2 Å². The van der Waals surface area contributed by atoms with Crippen molar-refractivity contribution in [1.29, 1.82) is 0 Å². The molecule has 2 rings (SSSR count). The maximum atomic E-state index is 10.9. The van der Waals surface area contributed by atoms with E-state index in [9.17, 15) is 10.1 Å². The molecule has 0 aliphatic carbocycles. The summed E-state index contributed by atoms with van der Waals surface area (Å²) in [5.74, 6) is 0.920. The molecule has 0 saturated heterocycles. The first kappa shape index (κ1) is 14.1. The predicted molar refractivity (Wildman–Crippen MR) is 74.4 cm³/mol. The van der Waals surface area contributed by atoms with Crippen LogP contribution in [0.1, 0.15) is 11.4 Å². The molecule has 0 radical (unpaired) electrons. The van der Waals surface area contributed by atoms with E-state index in [2.05, 4.69) is 15.5 Å². The average Bonchev–Trinajstić information content (AvgIpc) is 2.84. The minimum absolute atomic E-state index is 0.183. The molecule has 106 valence electrons. The van der Waals surface area contributed by atoms with Gasteiger partial charge >= 0.3 is 0 Å². The highest BCUT2D eigenvalue weighted by molar-refractivity contribution is 5.39. The van der Waals surface area contributed by atoms with Crippen LogP contribution >= 0.6 is 0 Å². The third kappa shape index (κ3) is 3.61. The molecule has 2 aromatic rings. The maximum Gasteiger partial charge on any atom is 0.272 e. The second-order valence-electron chi connectivity index (χ2n) is 4.49. The Hall–Kier alpha value is -2.28. The first-order chi connectivity index (χ1) is 9.68. The molecule has 20 heavy (non-hydrogen) atoms. The first-order valence-corrected chi connectivity index (χ1v) is 6.44. The van der Waals surface area contributed by atoms with Crippen molar-refractivity contribution < 1.29 is 4.92 Å². The second kappa shape index (κ2) is 6.76. The van der Waals surface area contributed by atoms with E-state index in [1.165, 1.54) is 6.07 Å². The normalized spacial score (nSPS) is 10.7. The lowest BCUT2D eigenvalue weighted by atomic mass is 10.1. The van der Waals surface area contributed by atoms with Crippen LogP contribution in [0.3, 0.4) is 0 Å². The highest BCUT2D eigenvalue weighted by Gasteiger charge is 2.11. The number of hydrogen-bond donors (Lipinski definition) is 1. The molecule has 0 atom stereocenters. The molecule has 0 aliphatic rings. The van der Waals surface area contributed by atoms with Crippen molar-refractivity contribution in [3.8, 4) is 0 Å². The molecule has 0 amide bonds. The lowest BCUT2D eigenvalue weighted by Crippen LogP contribution is -2.21. The van der Waals surface area contributed by atoms with Crippen LogP contribution in [0.15, 0.2) is 30.6 Å². The van der Waals surface area contributed by atoms with E-state index >= 15 is 0 Å². The second-order valence-corrected chi connectivity index (χ2v) is 4.49. The quantitative estimate of drug-likeness (QED) is 0.464. The van der Waals surface area contributed by atoms with Gasteiger partial charge in [0.2, 0.25) is 0 Å². The average molecular weight is 275 g/mol. The summed E-state index contributed by atoms with van der Waals surface area (Å²) in [4.78, 5) is 10.5. The highest BCUT2D eigenvalue weighted by atomic mass is 16.6. The van der Waals surface area contributed by atoms with Gasteiger partial charge in [-0.25, -0.2) is 0 Å². The summed E-state index contributed by atoms with van der Waals surface area (Å²) in [6, 6.07) is 6.84. The molecule has 1 heterocycles. The topological polar surface area (TPSA) is 85.9 Å². The Morgan fingerprint density at radius 3 is 2.75 bits per heavy atom. The first-order valence-electron chi connectivity index (χ1n) is 6.44. The molecule has 1 N–H and O–H groups in total. The molecule has 0 aliphatic heterocycles. The van der Waals surface area contributed by atoms with E-state index in [1.54, 1.807) is 18.5 Å². The number of rotatable bonds is 7. The van der Waals surface area contributed by atoms with Crippen molar-refractivity contribution in [2.45, 2.75) is 12.8 Å². The molecule has 0 fully saturated rings. The predicted octanol–water partition coefficient (Wildman–Crippen LogP) is 1.10. The number of nitro groups is 1. The van der Waals surface area contributed by atoms with Crippen LogP contribution in [0.2, 0.25) is 0 Å². The lowest BCUT2D eigenvalue weighted by molar-refractivity contribution is -0.385. The number of nitrogens with zero attached hydrogens (tertiary/aromatic N) is 4. The number of hydrogen-bond acceptors (Lipinski definition) is 5. The van der Waals surface area contributed by atoms with E-state index in [4.69, 9.17) is 0 Å². The minimum atomic E-state index is -0.338. The number of nitrogens with one attached hydrogen (secondary N) is 1. The van der Waals surface area contributed by atoms with Gasteiger partial charge < -0.3 is 9.88 Å². The molecule has 0 spiro atoms. The standard InChI is InChI=1S/C13H17N5O2/c1-17-10-15-16-13(17)7-9-14-8-6-11-4-2-3-5-12(11)18(19)20/h2-5,10,14H,6-9H2,1H3. The van der Waals surface area contributed by atoms with Crippen molar-refractivity contribution in [1.82, 2.24) is 20.1 Å². The van der Waals surface area contributed by atoms with Crippen molar-refractivity contribution in [2.24, 2.45) is 7.05 Å². The Balaban J connectivity index is 1.76. The molecule has 0 unspecified atom stereocenters. The minimum Gasteiger partial charge on any atom is -0.321 e. The van der Waals surface area contributed by atoms with Gasteiger partial charge in [0.05, 0.1) is 4.92 Å². The number of benzene rings is 1. The van der Waals surface area contributed by atoms with Crippen LogP contribution < -0.4 is 5.32 Å². The van der Waals surface area contributed by atoms with Gasteiger partial charge in [-0.2, -0.15) is 0 Å². The van der Waals surface area contributed by atoms with E-state index < -0.39 is 0 Å². The molecule has 7 nitrogen and oxygen atoms in total. The Morgan fingerprint density at radius 1 is 1.30 bits per heavy atom. The monoisotopic (exact) mass is 275 g/mol. The third-order valence-corrected chi connectivity index (χ3v) is 3.09. The number of para-hydroxylation sites is 1. The Labute approximate surface area is 116 Å². The number of aromatic nitrogens is 3. The summed E-state index contributed by atoms with van der Waals surface area (Å²) >= 11 is 0. The van der Waals surface area contributed by atoms with Crippen LogP contribution in [-0.2, 0) is 19.9 Å². The summed E-state index contributed by atoms with van der Waals surface area (Å²) in [5, 5.41) is 21.9. The number of nitro benzene ring substituents is 1. The Kier molecular flexibility index (Phi) is 4.78. The molecular formula is C13H17N5O2. The summed E-state index contributed by atoms with van der Waals surface area (Å²) in [7, 11) is 1.91.